The van der Waals surface area contributed by atoms with Crippen LogP contribution in [-0.2, 0) is 7.05 Å². The topological polar surface area (TPSA) is 95.5 Å². The van der Waals surface area contributed by atoms with Gasteiger partial charge < -0.3 is 19.5 Å². The van der Waals surface area contributed by atoms with E-state index in [0.717, 1.165) is 16.5 Å². The predicted molar refractivity (Wildman–Crippen MR) is 88.2 cm³/mol. The summed E-state index contributed by atoms with van der Waals surface area (Å²) in [5.74, 6) is -1.04. The molecule has 0 saturated carbocycles. The van der Waals surface area contributed by atoms with Crippen molar-refractivity contribution in [1.82, 2.24) is 4.57 Å². The quantitative estimate of drug-likeness (QED) is 0.772. The Kier molecular flexibility index (Phi) is 3.62. The summed E-state index contributed by atoms with van der Waals surface area (Å²) in [6.45, 7) is 0. The van der Waals surface area contributed by atoms with Gasteiger partial charge in [0.1, 0.15) is 17.4 Å². The third kappa shape index (κ3) is 2.23. The van der Waals surface area contributed by atoms with Crippen molar-refractivity contribution in [2.75, 3.05) is 7.11 Å². The molecule has 0 amide bonds. The second kappa shape index (κ2) is 5.63. The van der Waals surface area contributed by atoms with Gasteiger partial charge in [0.15, 0.2) is 5.75 Å². The van der Waals surface area contributed by atoms with E-state index in [1.165, 1.54) is 19.2 Å². The molecule has 6 nitrogen and oxygen atoms in total. The minimum absolute atomic E-state index is 0.169. The van der Waals surface area contributed by atoms with Gasteiger partial charge in [-0.25, -0.2) is 4.79 Å². The first kappa shape index (κ1) is 15.4. The highest BCUT2D eigenvalue weighted by molar-refractivity contribution is 6.01. The third-order valence-corrected chi connectivity index (χ3v) is 3.97. The van der Waals surface area contributed by atoms with E-state index >= 15 is 0 Å². The van der Waals surface area contributed by atoms with E-state index in [1.54, 1.807) is 12.1 Å². The van der Waals surface area contributed by atoms with E-state index in [1.807, 2.05) is 23.9 Å². The number of hydrogen-bond acceptors (Lipinski definition) is 4. The fraction of sp³-hybridized carbons (Fsp3) is 0.111. The summed E-state index contributed by atoms with van der Waals surface area (Å²) in [6.07, 6.45) is 1.85. The average molecular weight is 322 g/mol. The molecule has 0 atom stereocenters. The molecule has 0 spiro atoms. The minimum Gasteiger partial charge on any atom is -0.507 e. The second-order valence-electron chi connectivity index (χ2n) is 5.34. The molecule has 1 heterocycles. The van der Waals surface area contributed by atoms with Gasteiger partial charge in [0, 0.05) is 18.6 Å². The molecule has 0 saturated heterocycles. The van der Waals surface area contributed by atoms with Crippen molar-refractivity contribution in [2.24, 2.45) is 7.05 Å². The number of carbonyl (C=O) groups is 1. The minimum atomic E-state index is -1.20. The molecule has 1 aromatic heterocycles. The number of aromatic hydroxyl groups is 1. The average Bonchev–Trinajstić information content (AvgIpc) is 2.95. The first-order valence-electron chi connectivity index (χ1n) is 7.10. The molecule has 3 rings (SSSR count). The van der Waals surface area contributed by atoms with Gasteiger partial charge >= 0.3 is 5.97 Å². The molecule has 0 unspecified atom stereocenters. The molecule has 0 bridgehead atoms. The van der Waals surface area contributed by atoms with E-state index < -0.39 is 5.97 Å². The normalized spacial score (nSPS) is 10.5. The summed E-state index contributed by atoms with van der Waals surface area (Å²) in [5.41, 5.74) is 2.29. The molecule has 120 valence electrons. The van der Waals surface area contributed by atoms with Crippen LogP contribution in [0.4, 0.5) is 0 Å². The van der Waals surface area contributed by atoms with Crippen LogP contribution < -0.4 is 4.74 Å². The van der Waals surface area contributed by atoms with E-state index in [2.05, 4.69) is 6.07 Å². The summed E-state index contributed by atoms with van der Waals surface area (Å²) >= 11 is 0. The lowest BCUT2D eigenvalue weighted by Crippen LogP contribution is -1.97. The summed E-state index contributed by atoms with van der Waals surface area (Å²) in [6, 6.07) is 10.0. The number of aromatic carboxylic acids is 1. The highest BCUT2D eigenvalue weighted by Crippen LogP contribution is 2.39. The number of aromatic nitrogens is 1. The van der Waals surface area contributed by atoms with Gasteiger partial charge in [-0.15, -0.1) is 0 Å². The molecule has 24 heavy (non-hydrogen) atoms. The van der Waals surface area contributed by atoms with Crippen molar-refractivity contribution in [3.8, 4) is 28.7 Å². The third-order valence-electron chi connectivity index (χ3n) is 3.97. The number of nitrogens with zero attached hydrogens (tertiary/aromatic N) is 2. The Morgan fingerprint density at radius 2 is 2.04 bits per heavy atom. The van der Waals surface area contributed by atoms with Crippen molar-refractivity contribution in [2.45, 2.75) is 0 Å². The second-order valence-corrected chi connectivity index (χ2v) is 5.34. The molecular weight excluding hydrogens is 308 g/mol. The number of rotatable bonds is 3. The Morgan fingerprint density at radius 3 is 2.62 bits per heavy atom. The van der Waals surface area contributed by atoms with Crippen molar-refractivity contribution < 1.29 is 19.7 Å². The van der Waals surface area contributed by atoms with Crippen LogP contribution >= 0.6 is 0 Å². The van der Waals surface area contributed by atoms with Crippen LogP contribution in [0.1, 0.15) is 15.9 Å². The lowest BCUT2D eigenvalue weighted by molar-refractivity contribution is 0.0694. The molecule has 3 aromatic rings. The van der Waals surface area contributed by atoms with Gasteiger partial charge in [-0.2, -0.15) is 5.26 Å². The van der Waals surface area contributed by atoms with Gasteiger partial charge in [0.05, 0.1) is 18.2 Å². The van der Waals surface area contributed by atoms with Gasteiger partial charge in [0.2, 0.25) is 0 Å². The molecule has 0 aliphatic carbocycles. The van der Waals surface area contributed by atoms with Crippen molar-refractivity contribution in [3.05, 3.63) is 47.7 Å². The number of fused-ring (bicyclic) bond motifs is 1. The SMILES string of the molecule is COc1c(C#N)cc(-c2ccc(C(=O)O)c(O)c2)c2ccn(C)c12. The highest BCUT2D eigenvalue weighted by Gasteiger charge is 2.18. The number of hydrogen-bond donors (Lipinski definition) is 2. The zero-order valence-electron chi connectivity index (χ0n) is 13.1. The Hall–Kier alpha value is -3.46. The maximum atomic E-state index is 11.0. The maximum absolute atomic E-state index is 11.0. The molecular formula is C18H14N2O4. The molecule has 2 N–H and O–H groups in total. The van der Waals surface area contributed by atoms with Crippen LogP contribution in [0.3, 0.4) is 0 Å². The lowest BCUT2D eigenvalue weighted by atomic mass is 9.97. The van der Waals surface area contributed by atoms with Crippen LogP contribution in [0, 0.1) is 11.3 Å². The number of benzene rings is 2. The van der Waals surface area contributed by atoms with Crippen LogP contribution in [0.5, 0.6) is 11.5 Å². The molecule has 0 aliphatic heterocycles. The van der Waals surface area contributed by atoms with E-state index in [9.17, 15) is 15.2 Å². The number of phenols is 1. The first-order chi connectivity index (χ1) is 11.5. The van der Waals surface area contributed by atoms with Gasteiger partial charge in [-0.1, -0.05) is 6.07 Å². The molecule has 0 radical (unpaired) electrons. The molecule has 0 aliphatic rings. The van der Waals surface area contributed by atoms with E-state index in [0.29, 0.717) is 16.9 Å². The van der Waals surface area contributed by atoms with Crippen molar-refractivity contribution in [1.29, 1.82) is 5.26 Å². The first-order valence-corrected chi connectivity index (χ1v) is 7.10. The van der Waals surface area contributed by atoms with Crippen LogP contribution in [0.2, 0.25) is 0 Å². The van der Waals surface area contributed by atoms with Gasteiger partial charge in [-0.3, -0.25) is 0 Å². The zero-order chi connectivity index (χ0) is 17.4. The van der Waals surface area contributed by atoms with Crippen LogP contribution in [0.25, 0.3) is 22.0 Å². The summed E-state index contributed by atoms with van der Waals surface area (Å²) in [7, 11) is 3.36. The number of nitriles is 1. The summed E-state index contributed by atoms with van der Waals surface area (Å²) in [4.78, 5) is 11.0. The predicted octanol–water partition coefficient (Wildman–Crippen LogP) is 3.13. The van der Waals surface area contributed by atoms with Gasteiger partial charge in [0.25, 0.3) is 0 Å². The van der Waals surface area contributed by atoms with Gasteiger partial charge in [-0.05, 0) is 35.4 Å². The van der Waals surface area contributed by atoms with Crippen LogP contribution in [-0.4, -0.2) is 27.9 Å². The molecule has 6 heteroatoms. The smallest absolute Gasteiger partial charge is 0.339 e. The van der Waals surface area contributed by atoms with Crippen LogP contribution in [0.15, 0.2) is 36.5 Å². The number of carboxylic acid groups (broad SMARTS) is 1. The maximum Gasteiger partial charge on any atom is 0.339 e. The summed E-state index contributed by atoms with van der Waals surface area (Å²) in [5, 5.41) is 29.2. The monoisotopic (exact) mass is 322 g/mol. The number of methoxy groups -OCH3 is 1. The number of ether oxygens (including phenoxy) is 1. The lowest BCUT2D eigenvalue weighted by Gasteiger charge is -2.12. The standard InChI is InChI=1S/C18H14N2O4/c1-20-6-5-12-14(7-11(9-19)17(24-2)16(12)20)10-3-4-13(18(22)23)15(21)8-10/h3-8,21H,1-2H3,(H,22,23). The highest BCUT2D eigenvalue weighted by atomic mass is 16.5. The zero-order valence-corrected chi connectivity index (χ0v) is 13.1. The van der Waals surface area contributed by atoms with E-state index in [4.69, 9.17) is 9.84 Å². The molecule has 0 fully saturated rings. The Balaban J connectivity index is 2.33. The Morgan fingerprint density at radius 1 is 1.29 bits per heavy atom. The Bertz CT molecular complexity index is 1010. The van der Waals surface area contributed by atoms with Crippen molar-refractivity contribution in [3.63, 3.8) is 0 Å². The number of aryl methyl sites for hydroxylation is 1. The number of carboxylic acids is 1. The fourth-order valence-electron chi connectivity index (χ4n) is 2.85. The largest absolute Gasteiger partial charge is 0.507 e. The Labute approximate surface area is 137 Å². The van der Waals surface area contributed by atoms with E-state index in [-0.39, 0.29) is 11.3 Å². The fourth-order valence-corrected chi connectivity index (χ4v) is 2.85. The molecule has 2 aromatic carbocycles. The van der Waals surface area contributed by atoms with Crippen molar-refractivity contribution >= 4 is 16.9 Å². The summed E-state index contributed by atoms with van der Waals surface area (Å²) < 4.78 is 7.23.